The SMILES string of the molecule is COc1ccc(-c2nc(COc3ccc(OCC(=O)O)c(C)c3)sc2-c2ccc(OC)cc2)cc1. The first-order valence-electron chi connectivity index (χ1n) is 10.8. The smallest absolute Gasteiger partial charge is 0.341 e. The minimum Gasteiger partial charge on any atom is -0.497 e. The highest BCUT2D eigenvalue weighted by Crippen LogP contribution is 2.38. The third-order valence-electron chi connectivity index (χ3n) is 5.25. The second-order valence-corrected chi connectivity index (χ2v) is 8.72. The van der Waals surface area contributed by atoms with Gasteiger partial charge in [0.2, 0.25) is 0 Å². The van der Waals surface area contributed by atoms with Crippen molar-refractivity contribution in [1.82, 2.24) is 4.98 Å². The Bertz CT molecular complexity index is 1230. The number of carboxylic acid groups (broad SMARTS) is 1. The van der Waals surface area contributed by atoms with Crippen molar-refractivity contribution in [2.24, 2.45) is 0 Å². The first-order valence-corrected chi connectivity index (χ1v) is 11.6. The van der Waals surface area contributed by atoms with Crippen LogP contribution in [0.5, 0.6) is 23.0 Å². The van der Waals surface area contributed by atoms with Crippen LogP contribution in [-0.4, -0.2) is 36.9 Å². The first-order chi connectivity index (χ1) is 17.0. The van der Waals surface area contributed by atoms with Gasteiger partial charge in [-0.25, -0.2) is 9.78 Å². The third-order valence-corrected chi connectivity index (χ3v) is 6.32. The van der Waals surface area contributed by atoms with Crippen LogP contribution in [0.1, 0.15) is 10.6 Å². The molecule has 0 saturated heterocycles. The lowest BCUT2D eigenvalue weighted by molar-refractivity contribution is -0.139. The van der Waals surface area contributed by atoms with Crippen LogP contribution < -0.4 is 18.9 Å². The van der Waals surface area contributed by atoms with Crippen molar-refractivity contribution in [2.45, 2.75) is 13.5 Å². The van der Waals surface area contributed by atoms with Crippen molar-refractivity contribution in [3.05, 3.63) is 77.3 Å². The number of aromatic nitrogens is 1. The highest BCUT2D eigenvalue weighted by Gasteiger charge is 2.16. The van der Waals surface area contributed by atoms with E-state index in [1.807, 2.05) is 61.5 Å². The lowest BCUT2D eigenvalue weighted by Crippen LogP contribution is -2.10. The zero-order chi connectivity index (χ0) is 24.8. The van der Waals surface area contributed by atoms with Crippen LogP contribution in [0.2, 0.25) is 0 Å². The molecule has 0 unspecified atom stereocenters. The summed E-state index contributed by atoms with van der Waals surface area (Å²) >= 11 is 1.57. The van der Waals surface area contributed by atoms with E-state index in [-0.39, 0.29) is 6.61 Å². The zero-order valence-electron chi connectivity index (χ0n) is 19.6. The predicted octanol–water partition coefficient (Wildman–Crippen LogP) is 5.85. The summed E-state index contributed by atoms with van der Waals surface area (Å²) < 4.78 is 21.9. The van der Waals surface area contributed by atoms with E-state index in [0.717, 1.165) is 43.8 Å². The van der Waals surface area contributed by atoms with E-state index in [0.29, 0.717) is 18.1 Å². The number of thiazole rings is 1. The summed E-state index contributed by atoms with van der Waals surface area (Å²) in [6.07, 6.45) is 0. The minimum absolute atomic E-state index is 0.290. The fourth-order valence-corrected chi connectivity index (χ4v) is 4.47. The van der Waals surface area contributed by atoms with Gasteiger partial charge in [-0.15, -0.1) is 11.3 Å². The molecule has 1 N–H and O–H groups in total. The summed E-state index contributed by atoms with van der Waals surface area (Å²) in [5.41, 5.74) is 3.68. The molecule has 7 nitrogen and oxygen atoms in total. The summed E-state index contributed by atoms with van der Waals surface area (Å²) in [6.45, 7) is 1.75. The molecule has 0 atom stereocenters. The molecule has 0 fully saturated rings. The zero-order valence-corrected chi connectivity index (χ0v) is 20.4. The van der Waals surface area contributed by atoms with Crippen molar-refractivity contribution < 1.29 is 28.8 Å². The van der Waals surface area contributed by atoms with Crippen molar-refractivity contribution in [3.63, 3.8) is 0 Å². The molecule has 4 aromatic rings. The van der Waals surface area contributed by atoms with Crippen molar-refractivity contribution in [1.29, 1.82) is 0 Å². The van der Waals surface area contributed by atoms with Gasteiger partial charge in [-0.3, -0.25) is 0 Å². The quantitative estimate of drug-likeness (QED) is 0.298. The maximum Gasteiger partial charge on any atom is 0.341 e. The van der Waals surface area contributed by atoms with E-state index >= 15 is 0 Å². The minimum atomic E-state index is -1.02. The Hall–Kier alpha value is -4.04. The molecule has 0 aliphatic carbocycles. The van der Waals surface area contributed by atoms with Crippen LogP contribution >= 0.6 is 11.3 Å². The Morgan fingerprint density at radius 3 is 2.03 bits per heavy atom. The highest BCUT2D eigenvalue weighted by atomic mass is 32.1. The molecule has 0 radical (unpaired) electrons. The Morgan fingerprint density at radius 2 is 1.46 bits per heavy atom. The molecule has 1 aromatic heterocycles. The van der Waals surface area contributed by atoms with Gasteiger partial charge in [0.25, 0.3) is 0 Å². The van der Waals surface area contributed by atoms with Crippen LogP contribution in [-0.2, 0) is 11.4 Å². The average molecular weight is 492 g/mol. The van der Waals surface area contributed by atoms with E-state index in [1.165, 1.54) is 0 Å². The molecule has 1 heterocycles. The van der Waals surface area contributed by atoms with E-state index in [1.54, 1.807) is 37.7 Å². The second kappa shape index (κ2) is 10.9. The maximum absolute atomic E-state index is 10.7. The molecule has 180 valence electrons. The lowest BCUT2D eigenvalue weighted by Gasteiger charge is -2.09. The van der Waals surface area contributed by atoms with Gasteiger partial charge in [-0.2, -0.15) is 0 Å². The van der Waals surface area contributed by atoms with Crippen molar-refractivity contribution in [3.8, 4) is 44.7 Å². The van der Waals surface area contributed by atoms with Gasteiger partial charge in [0, 0.05) is 5.56 Å². The number of carboxylic acids is 1. The fourth-order valence-electron chi connectivity index (χ4n) is 3.47. The number of methoxy groups -OCH3 is 2. The van der Waals surface area contributed by atoms with E-state index in [2.05, 4.69) is 0 Å². The van der Waals surface area contributed by atoms with Crippen LogP contribution in [0.25, 0.3) is 21.7 Å². The second-order valence-electron chi connectivity index (χ2n) is 7.64. The molecule has 0 amide bonds. The number of ether oxygens (including phenoxy) is 4. The highest BCUT2D eigenvalue weighted by molar-refractivity contribution is 7.15. The number of nitrogens with zero attached hydrogens (tertiary/aromatic N) is 1. The van der Waals surface area contributed by atoms with Gasteiger partial charge in [0.05, 0.1) is 24.8 Å². The fraction of sp³-hybridized carbons (Fsp3) is 0.185. The molecule has 3 aromatic carbocycles. The Labute approximate surface area is 207 Å². The Balaban J connectivity index is 1.58. The normalized spacial score (nSPS) is 10.6. The lowest BCUT2D eigenvalue weighted by atomic mass is 10.1. The topological polar surface area (TPSA) is 87.1 Å². The first kappa shape index (κ1) is 24.1. The maximum atomic E-state index is 10.7. The van der Waals surface area contributed by atoms with E-state index in [9.17, 15) is 4.79 Å². The van der Waals surface area contributed by atoms with E-state index in [4.69, 9.17) is 29.0 Å². The standard InChI is InChI=1S/C27H25NO6S/c1-17-14-22(12-13-23(17)34-16-25(29)30)33-15-24-28-26(18-4-8-20(31-2)9-5-18)27(35-24)19-6-10-21(32-3)11-7-19/h4-14H,15-16H2,1-3H3,(H,29,30). The summed E-state index contributed by atoms with van der Waals surface area (Å²) in [5.74, 6) is 1.72. The molecule has 8 heteroatoms. The average Bonchev–Trinajstić information content (AvgIpc) is 3.31. The molecule has 35 heavy (non-hydrogen) atoms. The number of hydrogen-bond acceptors (Lipinski definition) is 7. The summed E-state index contributed by atoms with van der Waals surface area (Å²) in [7, 11) is 3.29. The molecule has 0 aliphatic heterocycles. The van der Waals surface area contributed by atoms with Crippen LogP contribution in [0, 0.1) is 6.92 Å². The molecule has 0 saturated carbocycles. The largest absolute Gasteiger partial charge is 0.497 e. The molecule has 0 bridgehead atoms. The molecule has 4 rings (SSSR count). The number of benzene rings is 3. The number of aliphatic carboxylic acids is 1. The Kier molecular flexibility index (Phi) is 7.52. The summed E-state index contributed by atoms with van der Waals surface area (Å²) in [4.78, 5) is 16.7. The molecule has 0 aliphatic rings. The monoisotopic (exact) mass is 491 g/mol. The molecular formula is C27H25NO6S. The summed E-state index contributed by atoms with van der Waals surface area (Å²) in [5, 5.41) is 9.63. The number of hydrogen-bond donors (Lipinski definition) is 1. The molecule has 0 spiro atoms. The summed E-state index contributed by atoms with van der Waals surface area (Å²) in [6, 6.07) is 21.0. The number of rotatable bonds is 10. The van der Waals surface area contributed by atoms with Gasteiger partial charge in [-0.05, 0) is 84.8 Å². The van der Waals surface area contributed by atoms with Crippen molar-refractivity contribution >= 4 is 17.3 Å². The third kappa shape index (κ3) is 5.91. The van der Waals surface area contributed by atoms with Crippen LogP contribution in [0.3, 0.4) is 0 Å². The molecular weight excluding hydrogens is 466 g/mol. The number of carbonyl (C=O) groups is 1. The van der Waals surface area contributed by atoms with Gasteiger partial charge < -0.3 is 24.1 Å². The predicted molar refractivity (Wildman–Crippen MR) is 135 cm³/mol. The van der Waals surface area contributed by atoms with E-state index < -0.39 is 5.97 Å². The van der Waals surface area contributed by atoms with Gasteiger partial charge in [-0.1, -0.05) is 0 Å². The number of aryl methyl sites for hydroxylation is 1. The van der Waals surface area contributed by atoms with Crippen LogP contribution in [0.4, 0.5) is 0 Å². The van der Waals surface area contributed by atoms with Gasteiger partial charge >= 0.3 is 5.97 Å². The van der Waals surface area contributed by atoms with Crippen molar-refractivity contribution in [2.75, 3.05) is 20.8 Å². The van der Waals surface area contributed by atoms with Gasteiger partial charge in [0.15, 0.2) is 6.61 Å². The van der Waals surface area contributed by atoms with Gasteiger partial charge in [0.1, 0.15) is 34.6 Å². The Morgan fingerprint density at radius 1 is 0.857 bits per heavy atom. The van der Waals surface area contributed by atoms with Crippen LogP contribution in [0.15, 0.2) is 66.7 Å².